The Kier molecular flexibility index (Phi) is 3.43. The molecule has 0 radical (unpaired) electrons. The molecule has 2 aromatic heterocycles. The number of halogens is 1. The van der Waals surface area contributed by atoms with Gasteiger partial charge < -0.3 is 14.6 Å². The maximum Gasteiger partial charge on any atom is 0.198 e. The number of hydrogen-bond donors (Lipinski definition) is 1. The summed E-state index contributed by atoms with van der Waals surface area (Å²) in [7, 11) is 3.45. The molecular weight excluding hydrogens is 242 g/mol. The summed E-state index contributed by atoms with van der Waals surface area (Å²) in [6.45, 7) is 0.535. The van der Waals surface area contributed by atoms with Gasteiger partial charge in [0.25, 0.3) is 0 Å². The van der Waals surface area contributed by atoms with Crippen molar-refractivity contribution in [1.82, 2.24) is 19.5 Å². The molecule has 0 spiro atoms. The summed E-state index contributed by atoms with van der Waals surface area (Å²) < 4.78 is 7.05. The van der Waals surface area contributed by atoms with Crippen molar-refractivity contribution < 1.29 is 4.74 Å². The van der Waals surface area contributed by atoms with Gasteiger partial charge in [0.05, 0.1) is 13.7 Å². The number of nitrogens with zero attached hydrogens (tertiary/aromatic N) is 4. The van der Waals surface area contributed by atoms with Crippen molar-refractivity contribution in [1.29, 1.82) is 0 Å². The molecule has 0 unspecified atom stereocenters. The molecule has 0 aromatic carbocycles. The van der Waals surface area contributed by atoms with E-state index < -0.39 is 0 Å². The fourth-order valence-electron chi connectivity index (χ4n) is 1.39. The molecule has 0 saturated carbocycles. The molecule has 1 N–H and O–H groups in total. The first-order valence-corrected chi connectivity index (χ1v) is 5.34. The van der Waals surface area contributed by atoms with Gasteiger partial charge in [-0.3, -0.25) is 0 Å². The van der Waals surface area contributed by atoms with E-state index in [0.717, 1.165) is 5.82 Å². The molecule has 2 aromatic rings. The zero-order valence-electron chi connectivity index (χ0n) is 9.51. The zero-order chi connectivity index (χ0) is 12.3. The van der Waals surface area contributed by atoms with Gasteiger partial charge in [-0.15, -0.1) is 0 Å². The van der Waals surface area contributed by atoms with Gasteiger partial charge in [0.2, 0.25) is 0 Å². The number of rotatable bonds is 4. The molecule has 0 aliphatic heterocycles. The van der Waals surface area contributed by atoms with E-state index in [4.69, 9.17) is 16.3 Å². The third-order valence-electron chi connectivity index (χ3n) is 2.30. The third kappa shape index (κ3) is 2.47. The van der Waals surface area contributed by atoms with Gasteiger partial charge in [-0.2, -0.15) is 0 Å². The second kappa shape index (κ2) is 5.01. The number of anilines is 1. The van der Waals surface area contributed by atoms with Crippen molar-refractivity contribution in [2.24, 2.45) is 7.05 Å². The monoisotopic (exact) mass is 253 g/mol. The number of aromatic nitrogens is 4. The van der Waals surface area contributed by atoms with Crippen LogP contribution in [0.1, 0.15) is 5.82 Å². The maximum atomic E-state index is 5.88. The van der Waals surface area contributed by atoms with E-state index in [1.807, 2.05) is 17.8 Å². The van der Waals surface area contributed by atoms with E-state index in [0.29, 0.717) is 18.1 Å². The molecule has 0 fully saturated rings. The molecule has 7 heteroatoms. The topological polar surface area (TPSA) is 64.9 Å². The van der Waals surface area contributed by atoms with Crippen molar-refractivity contribution in [2.75, 3.05) is 12.4 Å². The average Bonchev–Trinajstić information content (AvgIpc) is 2.72. The fourth-order valence-corrected chi connectivity index (χ4v) is 1.60. The summed E-state index contributed by atoms with van der Waals surface area (Å²) in [4.78, 5) is 12.1. The van der Waals surface area contributed by atoms with Crippen molar-refractivity contribution in [2.45, 2.75) is 6.54 Å². The Bertz CT molecular complexity index is 513. The zero-order valence-corrected chi connectivity index (χ0v) is 10.3. The van der Waals surface area contributed by atoms with Gasteiger partial charge in [-0.25, -0.2) is 15.0 Å². The van der Waals surface area contributed by atoms with E-state index >= 15 is 0 Å². The SMILES string of the molecule is COc1c(Cl)ncnc1NCc1nccn1C. The van der Waals surface area contributed by atoms with E-state index in [2.05, 4.69) is 20.3 Å². The van der Waals surface area contributed by atoms with Crippen molar-refractivity contribution in [3.63, 3.8) is 0 Å². The molecule has 90 valence electrons. The first kappa shape index (κ1) is 11.7. The molecule has 0 amide bonds. The Morgan fingerprint density at radius 2 is 2.24 bits per heavy atom. The van der Waals surface area contributed by atoms with Crippen LogP contribution in [0.4, 0.5) is 5.82 Å². The van der Waals surface area contributed by atoms with Crippen LogP contribution in [0.3, 0.4) is 0 Å². The number of nitrogens with one attached hydrogen (secondary N) is 1. The molecule has 0 atom stereocenters. The van der Waals surface area contributed by atoms with Crippen LogP contribution < -0.4 is 10.1 Å². The van der Waals surface area contributed by atoms with Crippen molar-refractivity contribution in [3.05, 3.63) is 29.7 Å². The summed E-state index contributed by atoms with van der Waals surface area (Å²) in [5.74, 6) is 1.88. The standard InChI is InChI=1S/C10H12ClN5O/c1-16-4-3-12-7(16)5-13-10-8(17-2)9(11)14-6-15-10/h3-4,6H,5H2,1-2H3,(H,13,14,15). The van der Waals surface area contributed by atoms with Crippen LogP contribution in [0, 0.1) is 0 Å². The molecular formula is C10H12ClN5O. The summed E-state index contributed by atoms with van der Waals surface area (Å²) >= 11 is 5.88. The quantitative estimate of drug-likeness (QED) is 0.837. The van der Waals surface area contributed by atoms with Crippen molar-refractivity contribution >= 4 is 17.4 Å². The second-order valence-corrected chi connectivity index (χ2v) is 3.71. The third-order valence-corrected chi connectivity index (χ3v) is 2.57. The Hall–Kier alpha value is -1.82. The maximum absolute atomic E-state index is 5.88. The molecule has 2 heterocycles. The lowest BCUT2D eigenvalue weighted by Crippen LogP contribution is -2.08. The number of aryl methyl sites for hydroxylation is 1. The highest BCUT2D eigenvalue weighted by Gasteiger charge is 2.10. The van der Waals surface area contributed by atoms with Gasteiger partial charge in [-0.1, -0.05) is 11.6 Å². The van der Waals surface area contributed by atoms with Crippen LogP contribution in [-0.4, -0.2) is 26.6 Å². The van der Waals surface area contributed by atoms with Gasteiger partial charge in [0, 0.05) is 19.4 Å². The molecule has 0 aliphatic rings. The predicted octanol–water partition coefficient (Wildman–Crippen LogP) is 1.48. The number of hydrogen-bond acceptors (Lipinski definition) is 5. The van der Waals surface area contributed by atoms with Crippen LogP contribution in [0.25, 0.3) is 0 Å². The summed E-state index contributed by atoms with van der Waals surface area (Å²) in [6, 6.07) is 0. The van der Waals surface area contributed by atoms with Crippen molar-refractivity contribution in [3.8, 4) is 5.75 Å². The number of ether oxygens (including phenoxy) is 1. The smallest absolute Gasteiger partial charge is 0.198 e. The first-order valence-electron chi connectivity index (χ1n) is 4.97. The Morgan fingerprint density at radius 3 is 2.88 bits per heavy atom. The highest BCUT2D eigenvalue weighted by atomic mass is 35.5. The highest BCUT2D eigenvalue weighted by molar-refractivity contribution is 6.31. The number of methoxy groups -OCH3 is 1. The molecule has 0 bridgehead atoms. The predicted molar refractivity (Wildman–Crippen MR) is 64.1 cm³/mol. The average molecular weight is 254 g/mol. The first-order chi connectivity index (χ1) is 8.22. The van der Waals surface area contributed by atoms with Crippen LogP contribution in [0.15, 0.2) is 18.7 Å². The molecule has 0 saturated heterocycles. The lowest BCUT2D eigenvalue weighted by molar-refractivity contribution is 0.413. The molecule has 17 heavy (non-hydrogen) atoms. The summed E-state index contributed by atoms with van der Waals surface area (Å²) in [5.41, 5.74) is 0. The van der Waals surface area contributed by atoms with E-state index in [9.17, 15) is 0 Å². The molecule has 0 aliphatic carbocycles. The largest absolute Gasteiger partial charge is 0.490 e. The van der Waals surface area contributed by atoms with Crippen LogP contribution in [0.2, 0.25) is 5.15 Å². The summed E-state index contributed by atoms with van der Waals surface area (Å²) in [5, 5.41) is 3.39. The number of imidazole rings is 1. The highest BCUT2D eigenvalue weighted by Crippen LogP contribution is 2.28. The Balaban J connectivity index is 2.14. The minimum Gasteiger partial charge on any atom is -0.490 e. The van der Waals surface area contributed by atoms with Crippen LogP contribution >= 0.6 is 11.6 Å². The lowest BCUT2D eigenvalue weighted by Gasteiger charge is -2.10. The molecule has 6 nitrogen and oxygen atoms in total. The van der Waals surface area contributed by atoms with E-state index in [1.165, 1.54) is 13.4 Å². The van der Waals surface area contributed by atoms with Gasteiger partial charge in [-0.05, 0) is 0 Å². The fraction of sp³-hybridized carbons (Fsp3) is 0.300. The van der Waals surface area contributed by atoms with Crippen LogP contribution in [0.5, 0.6) is 5.75 Å². The molecule has 2 rings (SSSR count). The van der Waals surface area contributed by atoms with Gasteiger partial charge in [0.1, 0.15) is 12.2 Å². The normalized spacial score (nSPS) is 10.3. The van der Waals surface area contributed by atoms with Gasteiger partial charge in [0.15, 0.2) is 16.7 Å². The minimum atomic E-state index is 0.282. The second-order valence-electron chi connectivity index (χ2n) is 3.35. The van der Waals surface area contributed by atoms with E-state index in [1.54, 1.807) is 6.20 Å². The Morgan fingerprint density at radius 1 is 1.41 bits per heavy atom. The Labute approximate surface area is 104 Å². The van der Waals surface area contributed by atoms with Crippen LogP contribution in [-0.2, 0) is 13.6 Å². The van der Waals surface area contributed by atoms with Gasteiger partial charge >= 0.3 is 0 Å². The van der Waals surface area contributed by atoms with E-state index in [-0.39, 0.29) is 5.15 Å². The minimum absolute atomic E-state index is 0.282. The lowest BCUT2D eigenvalue weighted by atomic mass is 10.5. The summed E-state index contributed by atoms with van der Waals surface area (Å²) in [6.07, 6.45) is 4.99.